The topological polar surface area (TPSA) is 141 Å². The van der Waals surface area contributed by atoms with E-state index in [1.54, 1.807) is 24.3 Å². The highest BCUT2D eigenvalue weighted by Gasteiger charge is 2.16. The molecule has 2 aromatic carbocycles. The van der Waals surface area contributed by atoms with Crippen LogP contribution in [0.1, 0.15) is 20.7 Å². The van der Waals surface area contributed by atoms with Crippen LogP contribution < -0.4 is 11.0 Å². The molecule has 9 heteroatoms. The van der Waals surface area contributed by atoms with Crippen LogP contribution in [-0.2, 0) is 0 Å². The van der Waals surface area contributed by atoms with E-state index in [1.165, 1.54) is 0 Å². The third-order valence-corrected chi connectivity index (χ3v) is 3.47. The highest BCUT2D eigenvalue weighted by Crippen LogP contribution is 2.17. The van der Waals surface area contributed by atoms with Crippen molar-refractivity contribution in [2.75, 3.05) is 5.32 Å². The van der Waals surface area contributed by atoms with Crippen LogP contribution in [0.25, 0.3) is 11.0 Å². The van der Waals surface area contributed by atoms with Crippen LogP contribution in [0.3, 0.4) is 0 Å². The Hall–Kier alpha value is -3.88. The third-order valence-electron chi connectivity index (χ3n) is 3.47. The minimum Gasteiger partial charge on any atom is -0.478 e. The Morgan fingerprint density at radius 3 is 2.16 bits per heavy atom. The lowest BCUT2D eigenvalue weighted by atomic mass is 10.1. The molecule has 0 saturated heterocycles. The standard InChI is InChI=1S/C16H11N3O6/c20-13(21)8-5-9(14(22)23)7-10(6-8)17-15(24)19-12-4-2-1-3-11(12)18-16(19)25/h1-7H,(H,17,24)(H,18,25)(H,20,21)(H,22,23). The van der Waals surface area contributed by atoms with Crippen LogP contribution in [0.15, 0.2) is 47.3 Å². The lowest BCUT2D eigenvalue weighted by Gasteiger charge is -2.08. The molecule has 1 amide bonds. The summed E-state index contributed by atoms with van der Waals surface area (Å²) in [4.78, 5) is 49.1. The second-order valence-electron chi connectivity index (χ2n) is 5.12. The maximum Gasteiger partial charge on any atom is 0.335 e. The van der Waals surface area contributed by atoms with E-state index in [4.69, 9.17) is 10.2 Å². The summed E-state index contributed by atoms with van der Waals surface area (Å²) in [6.45, 7) is 0. The first-order valence-corrected chi connectivity index (χ1v) is 6.99. The summed E-state index contributed by atoms with van der Waals surface area (Å²) < 4.78 is 0.837. The Labute approximate surface area is 139 Å². The number of carbonyl (C=O) groups is 3. The Kier molecular flexibility index (Phi) is 3.82. The number of para-hydroxylation sites is 2. The molecular weight excluding hydrogens is 330 g/mol. The molecule has 0 aliphatic rings. The third kappa shape index (κ3) is 2.98. The summed E-state index contributed by atoms with van der Waals surface area (Å²) >= 11 is 0. The van der Waals surface area contributed by atoms with Crippen LogP contribution in [0.5, 0.6) is 0 Å². The SMILES string of the molecule is O=C(O)c1cc(NC(=O)n2c(=O)[nH]c3ccccc32)cc(C(=O)O)c1. The number of aromatic amines is 1. The quantitative estimate of drug-likeness (QED) is 0.572. The number of imidazole rings is 1. The molecule has 0 atom stereocenters. The number of carbonyl (C=O) groups excluding carboxylic acids is 1. The van der Waals surface area contributed by atoms with Gasteiger partial charge in [0.05, 0.1) is 22.2 Å². The fourth-order valence-corrected chi connectivity index (χ4v) is 2.38. The molecule has 4 N–H and O–H groups in total. The van der Waals surface area contributed by atoms with E-state index >= 15 is 0 Å². The van der Waals surface area contributed by atoms with Gasteiger partial charge in [0.1, 0.15) is 0 Å². The number of hydrogen-bond acceptors (Lipinski definition) is 4. The molecule has 0 spiro atoms. The van der Waals surface area contributed by atoms with E-state index in [0.29, 0.717) is 11.0 Å². The second-order valence-corrected chi connectivity index (χ2v) is 5.12. The molecule has 0 bridgehead atoms. The molecular formula is C16H11N3O6. The lowest BCUT2D eigenvalue weighted by molar-refractivity contribution is 0.0696. The number of aromatic nitrogens is 2. The van der Waals surface area contributed by atoms with Crippen LogP contribution in [-0.4, -0.2) is 37.7 Å². The summed E-state index contributed by atoms with van der Waals surface area (Å²) in [7, 11) is 0. The number of aromatic carboxylic acids is 2. The van der Waals surface area contributed by atoms with Gasteiger partial charge in [0.15, 0.2) is 0 Å². The minimum atomic E-state index is -1.34. The van der Waals surface area contributed by atoms with Gasteiger partial charge in [-0.3, -0.25) is 0 Å². The number of rotatable bonds is 3. The van der Waals surface area contributed by atoms with Gasteiger partial charge in [-0.05, 0) is 30.3 Å². The zero-order valence-electron chi connectivity index (χ0n) is 12.5. The first-order chi connectivity index (χ1) is 11.9. The van der Waals surface area contributed by atoms with Crippen LogP contribution in [0.4, 0.5) is 10.5 Å². The molecule has 0 aliphatic heterocycles. The first-order valence-electron chi connectivity index (χ1n) is 6.99. The number of amides is 1. The van der Waals surface area contributed by atoms with Gasteiger partial charge in [-0.2, -0.15) is 0 Å². The van der Waals surface area contributed by atoms with Crippen molar-refractivity contribution in [2.45, 2.75) is 0 Å². The zero-order chi connectivity index (χ0) is 18.1. The van der Waals surface area contributed by atoms with Crippen molar-refractivity contribution in [3.05, 3.63) is 64.1 Å². The summed E-state index contributed by atoms with van der Waals surface area (Å²) in [5.41, 5.74) is -0.556. The lowest BCUT2D eigenvalue weighted by Crippen LogP contribution is -2.29. The van der Waals surface area contributed by atoms with Crippen molar-refractivity contribution < 1.29 is 24.6 Å². The average Bonchev–Trinajstić information content (AvgIpc) is 2.90. The van der Waals surface area contributed by atoms with Crippen LogP contribution in [0, 0.1) is 0 Å². The van der Waals surface area contributed by atoms with Gasteiger partial charge in [-0.1, -0.05) is 12.1 Å². The molecule has 0 radical (unpaired) electrons. The number of H-pyrrole nitrogens is 1. The Bertz CT molecular complexity index is 1050. The van der Waals surface area contributed by atoms with Crippen molar-refractivity contribution >= 4 is 34.7 Å². The monoisotopic (exact) mass is 341 g/mol. The molecule has 1 aromatic heterocycles. The minimum absolute atomic E-state index is 0.0560. The van der Waals surface area contributed by atoms with Gasteiger partial charge in [0, 0.05) is 5.69 Å². The van der Waals surface area contributed by atoms with Crippen LogP contribution in [0.2, 0.25) is 0 Å². The maximum absolute atomic E-state index is 12.4. The molecule has 0 unspecified atom stereocenters. The fourth-order valence-electron chi connectivity index (χ4n) is 2.38. The van der Waals surface area contributed by atoms with E-state index in [9.17, 15) is 19.2 Å². The number of carboxylic acid groups (broad SMARTS) is 2. The average molecular weight is 341 g/mol. The molecule has 0 fully saturated rings. The Balaban J connectivity index is 2.03. The van der Waals surface area contributed by atoms with Crippen molar-refractivity contribution in [3.63, 3.8) is 0 Å². The van der Waals surface area contributed by atoms with Crippen molar-refractivity contribution in [1.82, 2.24) is 9.55 Å². The molecule has 25 heavy (non-hydrogen) atoms. The highest BCUT2D eigenvalue weighted by atomic mass is 16.4. The number of anilines is 1. The molecule has 0 saturated carbocycles. The first kappa shape index (κ1) is 16.0. The number of benzene rings is 2. The number of carboxylic acids is 2. The van der Waals surface area contributed by atoms with Gasteiger partial charge in [0.2, 0.25) is 0 Å². The molecule has 126 valence electrons. The molecule has 3 rings (SSSR count). The van der Waals surface area contributed by atoms with Gasteiger partial charge in [0.25, 0.3) is 0 Å². The molecule has 0 aliphatic carbocycles. The van der Waals surface area contributed by atoms with Gasteiger partial charge < -0.3 is 20.5 Å². The molecule has 1 heterocycles. The van der Waals surface area contributed by atoms with Crippen molar-refractivity contribution in [3.8, 4) is 0 Å². The predicted molar refractivity (Wildman–Crippen MR) is 87.3 cm³/mol. The second kappa shape index (κ2) is 5.96. The molecule has 3 aromatic rings. The van der Waals surface area contributed by atoms with Gasteiger partial charge in [-0.25, -0.2) is 23.7 Å². The summed E-state index contributed by atoms with van der Waals surface area (Å²) in [6.07, 6.45) is 0. The fraction of sp³-hybridized carbons (Fsp3) is 0. The normalized spacial score (nSPS) is 10.6. The van der Waals surface area contributed by atoms with Crippen molar-refractivity contribution in [2.24, 2.45) is 0 Å². The Morgan fingerprint density at radius 1 is 0.960 bits per heavy atom. The van der Waals surface area contributed by atoms with Crippen LogP contribution >= 0.6 is 0 Å². The number of nitrogens with one attached hydrogen (secondary N) is 2. The molecule has 9 nitrogen and oxygen atoms in total. The van der Waals surface area contributed by atoms with E-state index < -0.39 is 23.7 Å². The predicted octanol–water partition coefficient (Wildman–Crippen LogP) is 1.81. The zero-order valence-corrected chi connectivity index (χ0v) is 12.5. The number of fused-ring (bicyclic) bond motifs is 1. The number of hydrogen-bond donors (Lipinski definition) is 4. The van der Waals surface area contributed by atoms with E-state index in [-0.39, 0.29) is 16.8 Å². The van der Waals surface area contributed by atoms with E-state index in [2.05, 4.69) is 10.3 Å². The van der Waals surface area contributed by atoms with E-state index in [0.717, 1.165) is 22.8 Å². The maximum atomic E-state index is 12.4. The Morgan fingerprint density at radius 2 is 1.56 bits per heavy atom. The van der Waals surface area contributed by atoms with Gasteiger partial charge in [-0.15, -0.1) is 0 Å². The summed E-state index contributed by atoms with van der Waals surface area (Å²) in [6, 6.07) is 8.85. The summed E-state index contributed by atoms with van der Waals surface area (Å²) in [5, 5.41) is 20.5. The smallest absolute Gasteiger partial charge is 0.335 e. The van der Waals surface area contributed by atoms with Crippen molar-refractivity contribution in [1.29, 1.82) is 0 Å². The summed E-state index contributed by atoms with van der Waals surface area (Å²) in [5.74, 6) is -2.69. The van der Waals surface area contributed by atoms with E-state index in [1.807, 2.05) is 0 Å². The van der Waals surface area contributed by atoms with Gasteiger partial charge >= 0.3 is 23.7 Å². The highest BCUT2D eigenvalue weighted by molar-refractivity contribution is 6.00. The largest absolute Gasteiger partial charge is 0.478 e. The number of nitrogens with zero attached hydrogens (tertiary/aromatic N) is 1.